The van der Waals surface area contributed by atoms with Gasteiger partial charge in [-0.05, 0) is 47.4 Å². The van der Waals surface area contributed by atoms with E-state index in [2.05, 4.69) is 37.6 Å². The van der Waals surface area contributed by atoms with E-state index >= 15 is 0 Å². The Labute approximate surface area is 115 Å². The lowest BCUT2D eigenvalue weighted by Crippen LogP contribution is -2.27. The lowest BCUT2D eigenvalue weighted by atomic mass is 10.1. The van der Waals surface area contributed by atoms with Gasteiger partial charge < -0.3 is 10.6 Å². The molecule has 0 aliphatic carbocycles. The number of hydrogen-bond donors (Lipinski definition) is 2. The molecule has 0 spiro atoms. The van der Waals surface area contributed by atoms with E-state index in [4.69, 9.17) is 0 Å². The summed E-state index contributed by atoms with van der Waals surface area (Å²) in [6, 6.07) is 3.61. The van der Waals surface area contributed by atoms with Crippen molar-refractivity contribution in [3.8, 4) is 0 Å². The van der Waals surface area contributed by atoms with Crippen LogP contribution in [0.3, 0.4) is 0 Å². The van der Waals surface area contributed by atoms with Crippen LogP contribution in [0.25, 0.3) is 0 Å². The molecule has 96 valence electrons. The summed E-state index contributed by atoms with van der Waals surface area (Å²) in [6.07, 6.45) is 5.81. The second-order valence-electron chi connectivity index (χ2n) is 4.16. The molecule has 2 rings (SSSR count). The number of nitrogens with zero attached hydrogens (tertiary/aromatic N) is 1. The van der Waals surface area contributed by atoms with Crippen molar-refractivity contribution in [3.63, 3.8) is 0 Å². The maximum absolute atomic E-state index is 11.9. The van der Waals surface area contributed by atoms with E-state index in [-0.39, 0.29) is 5.91 Å². The maximum atomic E-state index is 11.9. The van der Waals surface area contributed by atoms with Crippen molar-refractivity contribution in [2.24, 2.45) is 0 Å². The van der Waals surface area contributed by atoms with Gasteiger partial charge in [-0.2, -0.15) is 0 Å². The van der Waals surface area contributed by atoms with E-state index in [1.54, 1.807) is 12.3 Å². The monoisotopic (exact) mass is 309 g/mol. The molecule has 1 aliphatic rings. The first kappa shape index (κ1) is 13.2. The number of rotatable bonds is 4. The van der Waals surface area contributed by atoms with Crippen LogP contribution in [0.2, 0.25) is 0 Å². The van der Waals surface area contributed by atoms with Crippen LogP contribution in [0.5, 0.6) is 0 Å². The molecule has 0 unspecified atom stereocenters. The van der Waals surface area contributed by atoms with Crippen molar-refractivity contribution in [2.75, 3.05) is 19.6 Å². The highest BCUT2D eigenvalue weighted by Gasteiger charge is 2.10. The van der Waals surface area contributed by atoms with Gasteiger partial charge in [0.15, 0.2) is 0 Å². The van der Waals surface area contributed by atoms with Crippen LogP contribution >= 0.6 is 15.9 Å². The fourth-order valence-electron chi connectivity index (χ4n) is 1.87. The lowest BCUT2D eigenvalue weighted by molar-refractivity contribution is 0.0948. The van der Waals surface area contributed by atoms with Gasteiger partial charge in [-0.25, -0.2) is 4.98 Å². The Hall–Kier alpha value is -1.20. The molecule has 1 aliphatic heterocycles. The van der Waals surface area contributed by atoms with Crippen LogP contribution in [0.4, 0.5) is 0 Å². The predicted molar refractivity (Wildman–Crippen MR) is 74.5 cm³/mol. The first-order valence-corrected chi connectivity index (χ1v) is 6.84. The zero-order valence-corrected chi connectivity index (χ0v) is 11.7. The van der Waals surface area contributed by atoms with Crippen LogP contribution in [0.1, 0.15) is 23.3 Å². The first-order valence-electron chi connectivity index (χ1n) is 6.04. The lowest BCUT2D eigenvalue weighted by Gasteiger charge is -2.14. The number of halogens is 1. The minimum atomic E-state index is -0.128. The number of carbonyl (C=O) groups excluding carboxylic acids is 1. The third-order valence-corrected chi connectivity index (χ3v) is 3.50. The highest BCUT2D eigenvalue weighted by atomic mass is 79.9. The number of nitrogens with one attached hydrogen (secondary N) is 2. The first-order chi connectivity index (χ1) is 8.77. The third-order valence-electron chi connectivity index (χ3n) is 2.86. The largest absolute Gasteiger partial charge is 0.350 e. The van der Waals surface area contributed by atoms with Crippen molar-refractivity contribution in [1.29, 1.82) is 0 Å². The van der Waals surface area contributed by atoms with Gasteiger partial charge >= 0.3 is 0 Å². The van der Waals surface area contributed by atoms with E-state index in [9.17, 15) is 4.79 Å². The fraction of sp³-hybridized carbons (Fsp3) is 0.385. The summed E-state index contributed by atoms with van der Waals surface area (Å²) in [5, 5.41) is 6.16. The SMILES string of the molecule is O=C(NCCC1=CCNCC1)c1ncccc1Br. The molecule has 0 aromatic carbocycles. The van der Waals surface area contributed by atoms with Crippen molar-refractivity contribution in [2.45, 2.75) is 12.8 Å². The van der Waals surface area contributed by atoms with Crippen LogP contribution in [0, 0.1) is 0 Å². The van der Waals surface area contributed by atoms with Gasteiger partial charge in [-0.3, -0.25) is 4.79 Å². The highest BCUT2D eigenvalue weighted by molar-refractivity contribution is 9.10. The number of hydrogen-bond acceptors (Lipinski definition) is 3. The van der Waals surface area contributed by atoms with Crippen LogP contribution in [-0.2, 0) is 0 Å². The summed E-state index contributed by atoms with van der Waals surface area (Å²) in [4.78, 5) is 15.9. The van der Waals surface area contributed by atoms with Crippen molar-refractivity contribution in [3.05, 3.63) is 40.1 Å². The van der Waals surface area contributed by atoms with Gasteiger partial charge in [0.25, 0.3) is 5.91 Å². The van der Waals surface area contributed by atoms with Gasteiger partial charge in [0.05, 0.1) is 0 Å². The number of carbonyl (C=O) groups is 1. The molecule has 1 aromatic rings. The summed E-state index contributed by atoms with van der Waals surface area (Å²) in [7, 11) is 0. The van der Waals surface area contributed by atoms with Crippen LogP contribution < -0.4 is 10.6 Å². The Bertz CT molecular complexity index is 459. The molecule has 1 amide bonds. The molecule has 0 bridgehead atoms. The summed E-state index contributed by atoms with van der Waals surface area (Å²) < 4.78 is 0.726. The third kappa shape index (κ3) is 3.65. The van der Waals surface area contributed by atoms with Gasteiger partial charge in [0, 0.05) is 23.8 Å². The average molecular weight is 310 g/mol. The van der Waals surface area contributed by atoms with Gasteiger partial charge in [0.1, 0.15) is 5.69 Å². The van der Waals surface area contributed by atoms with E-state index in [1.165, 1.54) is 5.57 Å². The molecular weight excluding hydrogens is 294 g/mol. The molecule has 0 fully saturated rings. The molecular formula is C13H16BrN3O. The van der Waals surface area contributed by atoms with Gasteiger partial charge in [0.2, 0.25) is 0 Å². The van der Waals surface area contributed by atoms with Crippen LogP contribution in [0.15, 0.2) is 34.5 Å². The normalized spacial score (nSPS) is 15.1. The Morgan fingerprint density at radius 1 is 1.56 bits per heavy atom. The zero-order valence-electron chi connectivity index (χ0n) is 10.1. The molecule has 5 heteroatoms. The Morgan fingerprint density at radius 3 is 3.17 bits per heavy atom. The summed E-state index contributed by atoms with van der Waals surface area (Å²) in [5.74, 6) is -0.128. The van der Waals surface area contributed by atoms with E-state index in [0.29, 0.717) is 12.2 Å². The number of aromatic nitrogens is 1. The molecule has 0 radical (unpaired) electrons. The van der Waals surface area contributed by atoms with Crippen molar-refractivity contribution < 1.29 is 4.79 Å². The van der Waals surface area contributed by atoms with Crippen LogP contribution in [-0.4, -0.2) is 30.5 Å². The molecule has 0 saturated carbocycles. The maximum Gasteiger partial charge on any atom is 0.271 e. The number of amides is 1. The molecule has 18 heavy (non-hydrogen) atoms. The van der Waals surface area contributed by atoms with E-state index < -0.39 is 0 Å². The second kappa shape index (κ2) is 6.66. The zero-order chi connectivity index (χ0) is 12.8. The topological polar surface area (TPSA) is 54.0 Å². The molecule has 4 nitrogen and oxygen atoms in total. The molecule has 2 N–H and O–H groups in total. The number of pyridine rings is 1. The Balaban J connectivity index is 1.82. The Kier molecular flexibility index (Phi) is 4.90. The summed E-state index contributed by atoms with van der Waals surface area (Å²) in [5.41, 5.74) is 1.85. The minimum Gasteiger partial charge on any atom is -0.350 e. The minimum absolute atomic E-state index is 0.128. The van der Waals surface area contributed by atoms with Gasteiger partial charge in [-0.1, -0.05) is 11.6 Å². The second-order valence-corrected chi connectivity index (χ2v) is 5.01. The Morgan fingerprint density at radius 2 is 2.44 bits per heavy atom. The molecule has 0 saturated heterocycles. The summed E-state index contributed by atoms with van der Waals surface area (Å²) >= 11 is 3.32. The molecule has 0 atom stereocenters. The van der Waals surface area contributed by atoms with Crippen molar-refractivity contribution in [1.82, 2.24) is 15.6 Å². The van der Waals surface area contributed by atoms with E-state index in [0.717, 1.165) is 30.4 Å². The smallest absolute Gasteiger partial charge is 0.271 e. The summed E-state index contributed by atoms with van der Waals surface area (Å²) in [6.45, 7) is 2.63. The quantitative estimate of drug-likeness (QED) is 0.835. The van der Waals surface area contributed by atoms with Gasteiger partial charge in [-0.15, -0.1) is 0 Å². The van der Waals surface area contributed by atoms with Crippen molar-refractivity contribution >= 4 is 21.8 Å². The van der Waals surface area contributed by atoms with E-state index in [1.807, 2.05) is 6.07 Å². The molecule has 2 heterocycles. The molecule has 1 aromatic heterocycles. The standard InChI is InChI=1S/C13H16BrN3O/c14-11-2-1-6-16-12(11)13(18)17-9-5-10-3-7-15-8-4-10/h1-3,6,15H,4-5,7-9H2,(H,17,18). The predicted octanol–water partition coefficient (Wildman–Crippen LogP) is 1.88. The fourth-order valence-corrected chi connectivity index (χ4v) is 2.30. The average Bonchev–Trinajstić information content (AvgIpc) is 2.40. The highest BCUT2D eigenvalue weighted by Crippen LogP contribution is 2.13.